The number of imidazole rings is 1. The Morgan fingerprint density at radius 3 is 2.95 bits per heavy atom. The highest BCUT2D eigenvalue weighted by Crippen LogP contribution is 2.32. The lowest BCUT2D eigenvalue weighted by molar-refractivity contribution is 0.416. The molecular formula is C14H15F2N3S. The summed E-state index contributed by atoms with van der Waals surface area (Å²) in [5.74, 6) is -0.978. The van der Waals surface area contributed by atoms with E-state index in [1.165, 1.54) is 6.07 Å². The zero-order valence-electron chi connectivity index (χ0n) is 10.8. The number of nitrogens with zero attached hydrogens (tertiary/aromatic N) is 1. The second kappa shape index (κ2) is 5.10. The Balaban J connectivity index is 2.00. The van der Waals surface area contributed by atoms with Crippen molar-refractivity contribution < 1.29 is 8.78 Å². The van der Waals surface area contributed by atoms with Gasteiger partial charge in [-0.15, -0.1) is 0 Å². The van der Waals surface area contributed by atoms with Crippen LogP contribution in [0.3, 0.4) is 0 Å². The molecule has 1 aromatic carbocycles. The van der Waals surface area contributed by atoms with Crippen molar-refractivity contribution in [2.45, 2.75) is 31.8 Å². The van der Waals surface area contributed by atoms with Crippen LogP contribution in [0.25, 0.3) is 0 Å². The number of nitrogens with one attached hydrogen (secondary N) is 1. The van der Waals surface area contributed by atoms with E-state index in [1.807, 2.05) is 4.57 Å². The molecule has 2 aromatic rings. The van der Waals surface area contributed by atoms with Crippen molar-refractivity contribution in [2.75, 3.05) is 0 Å². The van der Waals surface area contributed by atoms with Crippen LogP contribution in [0.2, 0.25) is 0 Å². The Morgan fingerprint density at radius 1 is 1.40 bits per heavy atom. The monoisotopic (exact) mass is 295 g/mol. The summed E-state index contributed by atoms with van der Waals surface area (Å²) in [6.07, 6.45) is 3.73. The van der Waals surface area contributed by atoms with Gasteiger partial charge in [0.2, 0.25) is 0 Å². The summed E-state index contributed by atoms with van der Waals surface area (Å²) in [6.45, 7) is 0.383. The van der Waals surface area contributed by atoms with E-state index in [0.29, 0.717) is 29.7 Å². The van der Waals surface area contributed by atoms with Gasteiger partial charge >= 0.3 is 0 Å². The first-order valence-electron chi connectivity index (χ1n) is 6.55. The highest BCUT2D eigenvalue weighted by Gasteiger charge is 2.24. The minimum absolute atomic E-state index is 0.0981. The molecule has 20 heavy (non-hydrogen) atoms. The molecule has 106 valence electrons. The number of nitrogens with two attached hydrogens (primary N) is 1. The van der Waals surface area contributed by atoms with Crippen molar-refractivity contribution in [3.05, 3.63) is 51.6 Å². The number of aromatic amines is 1. The van der Waals surface area contributed by atoms with Crippen molar-refractivity contribution in [1.29, 1.82) is 0 Å². The van der Waals surface area contributed by atoms with E-state index in [1.54, 1.807) is 6.20 Å². The molecule has 0 bridgehead atoms. The van der Waals surface area contributed by atoms with Gasteiger partial charge in [-0.2, -0.15) is 0 Å². The van der Waals surface area contributed by atoms with Crippen LogP contribution in [-0.2, 0) is 19.4 Å². The lowest BCUT2D eigenvalue weighted by atomic mass is 9.87. The molecule has 0 saturated carbocycles. The van der Waals surface area contributed by atoms with Crippen molar-refractivity contribution in [3.8, 4) is 0 Å². The van der Waals surface area contributed by atoms with Crippen LogP contribution in [-0.4, -0.2) is 9.55 Å². The van der Waals surface area contributed by atoms with Gasteiger partial charge in [-0.25, -0.2) is 8.78 Å². The number of hydrogen-bond acceptors (Lipinski definition) is 2. The van der Waals surface area contributed by atoms with Crippen LogP contribution in [0, 0.1) is 16.4 Å². The molecule has 0 fully saturated rings. The summed E-state index contributed by atoms with van der Waals surface area (Å²) in [4.78, 5) is 2.98. The van der Waals surface area contributed by atoms with E-state index in [9.17, 15) is 8.78 Å². The summed E-state index contributed by atoms with van der Waals surface area (Å²) >= 11 is 5.27. The van der Waals surface area contributed by atoms with E-state index >= 15 is 0 Å². The fraction of sp³-hybridized carbons (Fsp3) is 0.357. The number of benzene rings is 1. The molecule has 1 aromatic heterocycles. The molecule has 3 nitrogen and oxygen atoms in total. The standard InChI is InChI=1S/C14H15F2N3S/c15-9-3-8-4-10(1-2-12(8)13(16)5-9)19-11(6-17)7-18-14(19)20/h3,5,7,10H,1-2,4,6,17H2,(H,18,20)/t10-/m1/s1. The maximum absolute atomic E-state index is 13.7. The second-order valence-corrected chi connectivity index (χ2v) is 5.47. The molecule has 3 rings (SSSR count). The van der Waals surface area contributed by atoms with E-state index in [-0.39, 0.29) is 6.04 Å². The molecule has 0 amide bonds. The number of hydrogen-bond donors (Lipinski definition) is 2. The molecular weight excluding hydrogens is 280 g/mol. The lowest BCUT2D eigenvalue weighted by Crippen LogP contribution is -2.22. The Morgan fingerprint density at radius 2 is 2.20 bits per heavy atom. The normalized spacial score (nSPS) is 18.1. The van der Waals surface area contributed by atoms with Gasteiger partial charge < -0.3 is 15.3 Å². The average molecular weight is 295 g/mol. The molecule has 1 aliphatic rings. The van der Waals surface area contributed by atoms with Crippen LogP contribution >= 0.6 is 12.2 Å². The first kappa shape index (κ1) is 13.5. The van der Waals surface area contributed by atoms with Crippen LogP contribution < -0.4 is 5.73 Å². The largest absolute Gasteiger partial charge is 0.337 e. The van der Waals surface area contributed by atoms with Crippen molar-refractivity contribution in [3.63, 3.8) is 0 Å². The van der Waals surface area contributed by atoms with Gasteiger partial charge in [-0.1, -0.05) is 0 Å². The third kappa shape index (κ3) is 2.19. The summed E-state index contributed by atoms with van der Waals surface area (Å²) in [6, 6.07) is 2.47. The molecule has 6 heteroatoms. The highest BCUT2D eigenvalue weighted by molar-refractivity contribution is 7.71. The maximum Gasteiger partial charge on any atom is 0.177 e. The number of rotatable bonds is 2. The Bertz CT molecular complexity index is 705. The smallest absolute Gasteiger partial charge is 0.177 e. The zero-order chi connectivity index (χ0) is 14.3. The van der Waals surface area contributed by atoms with Crippen LogP contribution in [0.1, 0.15) is 29.3 Å². The minimum atomic E-state index is -0.529. The van der Waals surface area contributed by atoms with E-state index in [2.05, 4.69) is 4.98 Å². The van der Waals surface area contributed by atoms with Gasteiger partial charge in [0.25, 0.3) is 0 Å². The topological polar surface area (TPSA) is 46.7 Å². The van der Waals surface area contributed by atoms with Crippen LogP contribution in [0.5, 0.6) is 0 Å². The molecule has 1 atom stereocenters. The molecule has 0 unspecified atom stereocenters. The molecule has 1 heterocycles. The summed E-state index contributed by atoms with van der Waals surface area (Å²) in [5, 5.41) is 0. The molecule has 0 aliphatic heterocycles. The van der Waals surface area contributed by atoms with E-state index < -0.39 is 11.6 Å². The Kier molecular flexibility index (Phi) is 3.43. The number of H-pyrrole nitrogens is 1. The van der Waals surface area contributed by atoms with E-state index in [4.69, 9.17) is 18.0 Å². The Labute approximate surface area is 120 Å². The van der Waals surface area contributed by atoms with Gasteiger partial charge in [-0.3, -0.25) is 0 Å². The Hall–Kier alpha value is -1.53. The molecule has 0 saturated heterocycles. The summed E-state index contributed by atoms with van der Waals surface area (Å²) < 4.78 is 29.7. The predicted octanol–water partition coefficient (Wildman–Crippen LogP) is 3.01. The van der Waals surface area contributed by atoms with Crippen molar-refractivity contribution in [1.82, 2.24) is 9.55 Å². The molecule has 1 aliphatic carbocycles. The lowest BCUT2D eigenvalue weighted by Gasteiger charge is -2.27. The van der Waals surface area contributed by atoms with Crippen molar-refractivity contribution in [2.24, 2.45) is 5.73 Å². The molecule has 0 spiro atoms. The third-order valence-corrected chi connectivity index (χ3v) is 4.22. The van der Waals surface area contributed by atoms with Gasteiger partial charge in [0, 0.05) is 24.8 Å². The summed E-state index contributed by atoms with van der Waals surface area (Å²) in [7, 11) is 0. The zero-order valence-corrected chi connectivity index (χ0v) is 11.6. The molecule has 0 radical (unpaired) electrons. The highest BCUT2D eigenvalue weighted by atomic mass is 32.1. The van der Waals surface area contributed by atoms with Gasteiger partial charge in [0.05, 0.1) is 5.69 Å². The fourth-order valence-electron chi connectivity index (χ4n) is 2.98. The van der Waals surface area contributed by atoms with Crippen LogP contribution in [0.15, 0.2) is 18.3 Å². The van der Waals surface area contributed by atoms with Gasteiger partial charge in [-0.05, 0) is 48.7 Å². The van der Waals surface area contributed by atoms with E-state index in [0.717, 1.165) is 23.7 Å². The minimum Gasteiger partial charge on any atom is -0.337 e. The predicted molar refractivity (Wildman–Crippen MR) is 74.9 cm³/mol. The fourth-order valence-corrected chi connectivity index (χ4v) is 3.30. The SMILES string of the molecule is NCc1c[nH]c(=S)n1[C@@H]1CCc2c(F)cc(F)cc2C1. The van der Waals surface area contributed by atoms with Gasteiger partial charge in [0.15, 0.2) is 4.77 Å². The number of aromatic nitrogens is 2. The van der Waals surface area contributed by atoms with Gasteiger partial charge in [0.1, 0.15) is 11.6 Å². The first-order chi connectivity index (χ1) is 9.60. The van der Waals surface area contributed by atoms with Crippen LogP contribution in [0.4, 0.5) is 8.78 Å². The first-order valence-corrected chi connectivity index (χ1v) is 6.96. The molecule has 3 N–H and O–H groups in total. The van der Waals surface area contributed by atoms with Crippen molar-refractivity contribution >= 4 is 12.2 Å². The average Bonchev–Trinajstić information content (AvgIpc) is 2.78. The maximum atomic E-state index is 13.7. The number of halogens is 2. The quantitative estimate of drug-likeness (QED) is 0.837. The third-order valence-electron chi connectivity index (χ3n) is 3.90. The number of fused-ring (bicyclic) bond motifs is 1. The second-order valence-electron chi connectivity index (χ2n) is 5.08. The summed E-state index contributed by atoms with van der Waals surface area (Å²) in [5.41, 5.74) is 7.97.